The van der Waals surface area contributed by atoms with Crippen LogP contribution in [-0.4, -0.2) is 46.2 Å². The van der Waals surface area contributed by atoms with Crippen molar-refractivity contribution in [1.82, 2.24) is 10.2 Å². The predicted octanol–water partition coefficient (Wildman–Crippen LogP) is 2.50. The van der Waals surface area contributed by atoms with E-state index in [1.165, 1.54) is 31.5 Å². The minimum Gasteiger partial charge on any atom is -0.473 e. The number of benzene rings is 1. The standard InChI is InChI=1S/C18H24N2O.C2H2O4/c1-15-7-8-18(21-15)13-19-17-9-11-20(12-10-17)14-16-5-3-2-4-6-16;3-1(4)2(5)6/h2-8,17,19H,9-14H2,1H3;(H,3,4)(H,5,6). The molecule has 1 aromatic heterocycles. The molecular formula is C20H26N2O5. The molecule has 3 N–H and O–H groups in total. The number of hydrogen-bond donors (Lipinski definition) is 3. The van der Waals surface area contributed by atoms with Crippen molar-refractivity contribution in [2.45, 2.75) is 38.9 Å². The minimum atomic E-state index is -1.82. The van der Waals surface area contributed by atoms with Crippen LogP contribution in [0.5, 0.6) is 0 Å². The molecule has 0 spiro atoms. The topological polar surface area (TPSA) is 103 Å². The molecule has 7 heteroatoms. The van der Waals surface area contributed by atoms with E-state index in [-0.39, 0.29) is 0 Å². The van der Waals surface area contributed by atoms with Crippen molar-refractivity contribution >= 4 is 11.9 Å². The van der Waals surface area contributed by atoms with Crippen LogP contribution < -0.4 is 5.32 Å². The SMILES string of the molecule is Cc1ccc(CNC2CCN(Cc3ccccc3)CC2)o1.O=C(O)C(=O)O. The first-order valence-electron chi connectivity index (χ1n) is 8.95. The van der Waals surface area contributed by atoms with Crippen LogP contribution in [0.25, 0.3) is 0 Å². The van der Waals surface area contributed by atoms with Gasteiger partial charge in [0.15, 0.2) is 0 Å². The second-order valence-electron chi connectivity index (χ2n) is 6.54. The average molecular weight is 374 g/mol. The lowest BCUT2D eigenvalue weighted by atomic mass is 10.0. The van der Waals surface area contributed by atoms with Gasteiger partial charge < -0.3 is 19.9 Å². The van der Waals surface area contributed by atoms with E-state index in [4.69, 9.17) is 24.2 Å². The first-order valence-corrected chi connectivity index (χ1v) is 8.95. The molecule has 1 saturated heterocycles. The van der Waals surface area contributed by atoms with Crippen LogP contribution in [0.1, 0.15) is 29.9 Å². The van der Waals surface area contributed by atoms with E-state index in [0.717, 1.165) is 24.6 Å². The Labute approximate surface area is 158 Å². The minimum absolute atomic E-state index is 0.613. The monoisotopic (exact) mass is 374 g/mol. The van der Waals surface area contributed by atoms with Crippen LogP contribution in [-0.2, 0) is 22.7 Å². The molecule has 7 nitrogen and oxygen atoms in total. The van der Waals surface area contributed by atoms with Crippen molar-refractivity contribution in [2.75, 3.05) is 13.1 Å². The molecule has 0 bridgehead atoms. The summed E-state index contributed by atoms with van der Waals surface area (Å²) in [6, 6.07) is 15.4. The highest BCUT2D eigenvalue weighted by atomic mass is 16.4. The molecule has 27 heavy (non-hydrogen) atoms. The summed E-state index contributed by atoms with van der Waals surface area (Å²) < 4.78 is 5.60. The number of aryl methyl sites for hydroxylation is 1. The maximum absolute atomic E-state index is 9.10. The molecule has 0 atom stereocenters. The summed E-state index contributed by atoms with van der Waals surface area (Å²) in [5.41, 5.74) is 1.41. The lowest BCUT2D eigenvalue weighted by molar-refractivity contribution is -0.159. The van der Waals surface area contributed by atoms with Crippen molar-refractivity contribution in [3.63, 3.8) is 0 Å². The first kappa shape index (κ1) is 20.7. The van der Waals surface area contributed by atoms with E-state index in [2.05, 4.69) is 46.6 Å². The van der Waals surface area contributed by atoms with Crippen molar-refractivity contribution in [2.24, 2.45) is 0 Å². The normalized spacial score (nSPS) is 15.0. The van der Waals surface area contributed by atoms with Crippen LogP contribution >= 0.6 is 0 Å². The van der Waals surface area contributed by atoms with Gasteiger partial charge in [0.1, 0.15) is 11.5 Å². The van der Waals surface area contributed by atoms with Gasteiger partial charge in [0, 0.05) is 12.6 Å². The fraction of sp³-hybridized carbons (Fsp3) is 0.400. The van der Waals surface area contributed by atoms with Gasteiger partial charge in [0.05, 0.1) is 6.54 Å². The van der Waals surface area contributed by atoms with Gasteiger partial charge in [-0.3, -0.25) is 4.90 Å². The fourth-order valence-electron chi connectivity index (χ4n) is 2.96. The number of aliphatic carboxylic acids is 2. The molecule has 146 valence electrons. The maximum Gasteiger partial charge on any atom is 0.414 e. The lowest BCUT2D eigenvalue weighted by Crippen LogP contribution is -2.41. The Morgan fingerprint density at radius 3 is 2.22 bits per heavy atom. The Balaban J connectivity index is 0.000000380. The Morgan fingerprint density at radius 2 is 1.70 bits per heavy atom. The molecule has 3 rings (SSSR count). The zero-order valence-electron chi connectivity index (χ0n) is 15.4. The quantitative estimate of drug-likeness (QED) is 0.691. The van der Waals surface area contributed by atoms with Gasteiger partial charge in [-0.05, 0) is 50.6 Å². The summed E-state index contributed by atoms with van der Waals surface area (Å²) in [5.74, 6) is -1.62. The van der Waals surface area contributed by atoms with Gasteiger partial charge in [0.2, 0.25) is 0 Å². The molecule has 2 heterocycles. The number of carbonyl (C=O) groups is 2. The van der Waals surface area contributed by atoms with E-state index >= 15 is 0 Å². The summed E-state index contributed by atoms with van der Waals surface area (Å²) in [6.07, 6.45) is 2.43. The number of carboxylic acids is 2. The molecule has 0 radical (unpaired) electrons. The highest BCUT2D eigenvalue weighted by molar-refractivity contribution is 6.27. The van der Waals surface area contributed by atoms with Crippen molar-refractivity contribution in [3.8, 4) is 0 Å². The Hall–Kier alpha value is -2.64. The van der Waals surface area contributed by atoms with Crippen molar-refractivity contribution < 1.29 is 24.2 Å². The lowest BCUT2D eigenvalue weighted by Gasteiger charge is -2.32. The number of hydrogen-bond acceptors (Lipinski definition) is 5. The molecule has 1 fully saturated rings. The average Bonchev–Trinajstić information content (AvgIpc) is 3.08. The zero-order valence-corrected chi connectivity index (χ0v) is 15.4. The summed E-state index contributed by atoms with van der Waals surface area (Å²) in [5, 5.41) is 18.4. The van der Waals surface area contributed by atoms with E-state index in [1.807, 2.05) is 13.0 Å². The summed E-state index contributed by atoms with van der Waals surface area (Å²) in [6.45, 7) is 6.25. The molecule has 1 aliphatic heterocycles. The molecular weight excluding hydrogens is 348 g/mol. The van der Waals surface area contributed by atoms with Gasteiger partial charge in [-0.1, -0.05) is 30.3 Å². The molecule has 0 unspecified atom stereocenters. The molecule has 2 aromatic rings. The molecule has 0 aliphatic carbocycles. The molecule has 0 saturated carbocycles. The fourth-order valence-corrected chi connectivity index (χ4v) is 2.96. The maximum atomic E-state index is 9.10. The zero-order chi connectivity index (χ0) is 19.6. The van der Waals surface area contributed by atoms with E-state index in [1.54, 1.807) is 0 Å². The second-order valence-corrected chi connectivity index (χ2v) is 6.54. The van der Waals surface area contributed by atoms with Crippen LogP contribution in [0.2, 0.25) is 0 Å². The highest BCUT2D eigenvalue weighted by Crippen LogP contribution is 2.15. The van der Waals surface area contributed by atoms with E-state index in [9.17, 15) is 0 Å². The van der Waals surface area contributed by atoms with Crippen molar-refractivity contribution in [3.05, 3.63) is 59.5 Å². The number of nitrogens with one attached hydrogen (secondary N) is 1. The third kappa shape index (κ3) is 7.64. The largest absolute Gasteiger partial charge is 0.473 e. The first-order chi connectivity index (χ1) is 12.9. The highest BCUT2D eigenvalue weighted by Gasteiger charge is 2.19. The molecule has 0 amide bonds. The Morgan fingerprint density at radius 1 is 1.07 bits per heavy atom. The summed E-state index contributed by atoms with van der Waals surface area (Å²) >= 11 is 0. The number of furan rings is 1. The predicted molar refractivity (Wildman–Crippen MR) is 100 cm³/mol. The summed E-state index contributed by atoms with van der Waals surface area (Å²) in [7, 11) is 0. The van der Waals surface area contributed by atoms with Crippen LogP contribution in [0, 0.1) is 6.92 Å². The Bertz CT molecular complexity index is 709. The second kappa shape index (κ2) is 10.5. The Kier molecular flexibility index (Phi) is 8.03. The smallest absolute Gasteiger partial charge is 0.414 e. The van der Waals surface area contributed by atoms with Gasteiger partial charge in [-0.2, -0.15) is 0 Å². The van der Waals surface area contributed by atoms with Gasteiger partial charge in [-0.15, -0.1) is 0 Å². The van der Waals surface area contributed by atoms with Crippen LogP contribution in [0.3, 0.4) is 0 Å². The number of nitrogens with zero attached hydrogens (tertiary/aromatic N) is 1. The van der Waals surface area contributed by atoms with E-state index in [0.29, 0.717) is 6.04 Å². The number of carboxylic acid groups (broad SMARTS) is 2. The van der Waals surface area contributed by atoms with Gasteiger partial charge in [-0.25, -0.2) is 9.59 Å². The van der Waals surface area contributed by atoms with Gasteiger partial charge >= 0.3 is 11.9 Å². The summed E-state index contributed by atoms with van der Waals surface area (Å²) in [4.78, 5) is 20.7. The van der Waals surface area contributed by atoms with Crippen LogP contribution in [0.4, 0.5) is 0 Å². The number of likely N-dealkylation sites (tertiary alicyclic amines) is 1. The van der Waals surface area contributed by atoms with Gasteiger partial charge in [0.25, 0.3) is 0 Å². The number of piperidine rings is 1. The van der Waals surface area contributed by atoms with E-state index < -0.39 is 11.9 Å². The van der Waals surface area contributed by atoms with Crippen molar-refractivity contribution in [1.29, 1.82) is 0 Å². The third-order valence-corrected chi connectivity index (χ3v) is 4.38. The van der Waals surface area contributed by atoms with Crippen LogP contribution in [0.15, 0.2) is 46.9 Å². The number of rotatable bonds is 5. The molecule has 1 aromatic carbocycles. The third-order valence-electron chi connectivity index (χ3n) is 4.38. The molecule has 1 aliphatic rings.